The molecule has 0 amide bonds. The number of unbranched alkanes of at least 4 members (excludes halogenated alkanes) is 7. The van der Waals surface area contributed by atoms with Crippen molar-refractivity contribution in [2.45, 2.75) is 51.4 Å². The number of hydrogen-bond donors (Lipinski definition) is 0. The summed E-state index contributed by atoms with van der Waals surface area (Å²) in [6, 6.07) is 68.1. The van der Waals surface area contributed by atoms with Gasteiger partial charge in [0, 0.05) is 12.5 Å². The molecular weight excluding hydrogens is 799 g/mol. The molecule has 58 heavy (non-hydrogen) atoms. The molecule has 0 aliphatic heterocycles. The summed E-state index contributed by atoms with van der Waals surface area (Å²) in [5.74, 6) is 0. The molecule has 0 bridgehead atoms. The lowest BCUT2D eigenvalue weighted by atomic mass is 10.1. The van der Waals surface area contributed by atoms with Crippen LogP contribution in [0.1, 0.15) is 51.4 Å². The quantitative estimate of drug-likeness (QED) is 0.0518. The Hall–Kier alpha value is -4.00. The van der Waals surface area contributed by atoms with Crippen LogP contribution in [-0.4, -0.2) is 50.8 Å². The van der Waals surface area contributed by atoms with Crippen molar-refractivity contribution in [1.82, 2.24) is 0 Å². The van der Waals surface area contributed by atoms with Gasteiger partial charge in [-0.3, -0.25) is 0 Å². The van der Waals surface area contributed by atoms with Gasteiger partial charge in [-0.2, -0.15) is 0 Å². The summed E-state index contributed by atoms with van der Waals surface area (Å²) in [5.41, 5.74) is 0. The first-order chi connectivity index (χ1) is 27.8. The topological polar surface area (TPSA) is 114 Å². The summed E-state index contributed by atoms with van der Waals surface area (Å²) < 4.78 is 54.5. The fourth-order valence-corrected chi connectivity index (χ4v) is 16.3. The number of hydrogen-bond acceptors (Lipinski definition) is 6. The van der Waals surface area contributed by atoms with E-state index in [-0.39, 0.29) is 0 Å². The van der Waals surface area contributed by atoms with Crippen LogP contribution in [-0.2, 0) is 20.2 Å². The van der Waals surface area contributed by atoms with E-state index in [1.807, 2.05) is 0 Å². The maximum Gasteiger partial charge on any atom is 0.112 e. The predicted molar refractivity (Wildman–Crippen MR) is 248 cm³/mol. The molecule has 0 N–H and O–H groups in total. The van der Waals surface area contributed by atoms with E-state index >= 15 is 0 Å². The highest BCUT2D eigenvalue weighted by molar-refractivity contribution is 7.96. The van der Waals surface area contributed by atoms with Crippen LogP contribution in [0.15, 0.2) is 182 Å². The first-order valence-electron chi connectivity index (χ1n) is 19.8. The molecule has 0 aromatic heterocycles. The van der Waals surface area contributed by atoms with Crippen molar-refractivity contribution in [3.63, 3.8) is 0 Å². The molecule has 0 saturated heterocycles. The van der Waals surface area contributed by atoms with E-state index in [1.54, 1.807) is 0 Å². The molecule has 6 rings (SSSR count). The first-order valence-corrected chi connectivity index (χ1v) is 27.3. The molecule has 0 heterocycles. The van der Waals surface area contributed by atoms with E-state index in [1.165, 1.54) is 95.5 Å². The highest BCUT2D eigenvalue weighted by Gasteiger charge is 2.45. The third-order valence-corrected chi connectivity index (χ3v) is 19.0. The molecule has 0 unspecified atom stereocenters. The molecule has 0 saturated carbocycles. The molecule has 0 radical (unpaired) electrons. The monoisotopic (exact) mass is 854 g/mol. The molecule has 6 aromatic rings. The molecule has 0 fully saturated rings. The standard InChI is InChI=1S/C46H50P2.2CH4O3S/c1(3-5-25-39-47(41-27-13-7-14-28-41,42-29-15-8-16-30-42)43-31-17-9-18-32-43)2-4-6-26-40-48(44-33-19-10-20-34-44,45-35-21-11-22-36-45)46-37-23-12-24-38-46;2*1-5(2,3)4/h7-24,27-38H,1-6,25-26,39-40H2;2*1H3,(H,2,3,4)/q+2;;/p-2. The van der Waals surface area contributed by atoms with Gasteiger partial charge in [-0.05, 0) is 98.5 Å². The average Bonchev–Trinajstić information content (AvgIpc) is 3.22. The van der Waals surface area contributed by atoms with Gasteiger partial charge >= 0.3 is 0 Å². The molecule has 306 valence electrons. The highest BCUT2D eigenvalue weighted by atomic mass is 32.2. The maximum atomic E-state index is 9.08. The van der Waals surface area contributed by atoms with E-state index in [0.717, 1.165) is 0 Å². The minimum Gasteiger partial charge on any atom is -0.748 e. The molecule has 0 aliphatic rings. The van der Waals surface area contributed by atoms with Crippen molar-refractivity contribution >= 4 is 66.6 Å². The average molecular weight is 855 g/mol. The van der Waals surface area contributed by atoms with Crippen molar-refractivity contribution in [2.24, 2.45) is 0 Å². The van der Waals surface area contributed by atoms with Gasteiger partial charge in [0.1, 0.15) is 46.4 Å². The van der Waals surface area contributed by atoms with E-state index < -0.39 is 34.8 Å². The Morgan fingerprint density at radius 3 is 0.603 bits per heavy atom. The van der Waals surface area contributed by atoms with Gasteiger partial charge in [0.15, 0.2) is 0 Å². The fraction of sp³-hybridized carbons (Fsp3) is 0.250. The van der Waals surface area contributed by atoms with Crippen LogP contribution < -0.4 is 31.8 Å². The molecule has 6 aromatic carbocycles. The first kappa shape index (κ1) is 46.7. The summed E-state index contributed by atoms with van der Waals surface area (Å²) in [4.78, 5) is 0. The van der Waals surface area contributed by atoms with E-state index in [2.05, 4.69) is 182 Å². The largest absolute Gasteiger partial charge is 0.748 e. The maximum absolute atomic E-state index is 9.08. The second-order valence-electron chi connectivity index (χ2n) is 14.3. The third-order valence-electron chi connectivity index (χ3n) is 9.92. The van der Waals surface area contributed by atoms with Crippen LogP contribution in [0.3, 0.4) is 0 Å². The van der Waals surface area contributed by atoms with Gasteiger partial charge in [-0.25, -0.2) is 16.8 Å². The van der Waals surface area contributed by atoms with Crippen LogP contribution in [0.4, 0.5) is 0 Å². The van der Waals surface area contributed by atoms with E-state index in [0.29, 0.717) is 12.5 Å². The molecular formula is C48H56O6P2S2. The Kier molecular flexibility index (Phi) is 19.0. The van der Waals surface area contributed by atoms with E-state index in [9.17, 15) is 0 Å². The van der Waals surface area contributed by atoms with Gasteiger partial charge in [0.05, 0.1) is 32.6 Å². The molecule has 10 heteroatoms. The van der Waals surface area contributed by atoms with Crippen molar-refractivity contribution in [3.8, 4) is 0 Å². The van der Waals surface area contributed by atoms with Crippen LogP contribution in [0.25, 0.3) is 0 Å². The van der Waals surface area contributed by atoms with Gasteiger partial charge in [-0.1, -0.05) is 135 Å². The zero-order valence-corrected chi connectivity index (χ0v) is 37.0. The second kappa shape index (κ2) is 23.6. The zero-order chi connectivity index (χ0) is 41.7. The summed E-state index contributed by atoms with van der Waals surface area (Å²) in [5, 5.41) is 9.02. The normalized spacial score (nSPS) is 11.7. The zero-order valence-electron chi connectivity index (χ0n) is 33.6. The lowest BCUT2D eigenvalue weighted by Gasteiger charge is -2.28. The fourth-order valence-electron chi connectivity index (χ4n) is 7.52. The Morgan fingerprint density at radius 2 is 0.448 bits per heavy atom. The lowest BCUT2D eigenvalue weighted by Crippen LogP contribution is -2.33. The lowest BCUT2D eigenvalue weighted by molar-refractivity contribution is 0.468. The number of rotatable bonds is 17. The summed E-state index contributed by atoms with van der Waals surface area (Å²) in [6.45, 7) is 0. The van der Waals surface area contributed by atoms with Crippen molar-refractivity contribution < 1.29 is 25.9 Å². The van der Waals surface area contributed by atoms with Crippen molar-refractivity contribution in [2.75, 3.05) is 24.8 Å². The summed E-state index contributed by atoms with van der Waals surface area (Å²) in [7, 11) is -11.3. The second-order valence-corrected chi connectivity index (χ2v) is 24.4. The van der Waals surface area contributed by atoms with Gasteiger partial charge < -0.3 is 9.11 Å². The van der Waals surface area contributed by atoms with Gasteiger partial charge in [0.25, 0.3) is 0 Å². The van der Waals surface area contributed by atoms with E-state index in [4.69, 9.17) is 25.9 Å². The Balaban J connectivity index is 0.000000665. The molecule has 0 atom stereocenters. The molecule has 6 nitrogen and oxygen atoms in total. The van der Waals surface area contributed by atoms with Gasteiger partial charge in [-0.15, -0.1) is 0 Å². The molecule has 0 spiro atoms. The highest BCUT2D eigenvalue weighted by Crippen LogP contribution is 2.57. The predicted octanol–water partition coefficient (Wildman–Crippen LogP) is 8.42. The third kappa shape index (κ3) is 15.0. The Bertz CT molecular complexity index is 1870. The SMILES string of the molecule is CS(=O)(=O)[O-].CS(=O)(=O)[O-].c1ccc([P+](CCCCCCCCCC[P+](c2ccccc2)(c2ccccc2)c2ccccc2)(c2ccccc2)c2ccccc2)cc1. The number of benzene rings is 6. The van der Waals surface area contributed by atoms with Gasteiger partial charge in [0.2, 0.25) is 0 Å². The van der Waals surface area contributed by atoms with Crippen LogP contribution >= 0.6 is 14.5 Å². The van der Waals surface area contributed by atoms with Crippen LogP contribution in [0.2, 0.25) is 0 Å². The Labute approximate surface area is 349 Å². The van der Waals surface area contributed by atoms with Crippen LogP contribution in [0, 0.1) is 0 Å². The Morgan fingerprint density at radius 1 is 0.310 bits per heavy atom. The smallest absolute Gasteiger partial charge is 0.112 e. The summed E-state index contributed by atoms with van der Waals surface area (Å²) in [6.07, 6.45) is 14.1. The summed E-state index contributed by atoms with van der Waals surface area (Å²) >= 11 is 0. The minimum atomic E-state index is -3.92. The van der Waals surface area contributed by atoms with Crippen molar-refractivity contribution in [3.05, 3.63) is 182 Å². The van der Waals surface area contributed by atoms with Crippen molar-refractivity contribution in [1.29, 1.82) is 0 Å². The van der Waals surface area contributed by atoms with Crippen LogP contribution in [0.5, 0.6) is 0 Å². The minimum absolute atomic E-state index is 0.604. The molecule has 0 aliphatic carbocycles.